The Labute approximate surface area is 146 Å². The molecular weight excluding hydrogens is 326 g/mol. The molecule has 1 N–H and O–H groups in total. The first-order valence-corrected chi connectivity index (χ1v) is 8.23. The summed E-state index contributed by atoms with van der Waals surface area (Å²) < 4.78 is 11.0. The molecule has 24 heavy (non-hydrogen) atoms. The zero-order valence-corrected chi connectivity index (χ0v) is 14.7. The van der Waals surface area contributed by atoms with Crippen LogP contribution in [-0.4, -0.2) is 19.1 Å². The third-order valence-electron chi connectivity index (χ3n) is 3.89. The Balaban J connectivity index is 1.80. The Morgan fingerprint density at radius 3 is 2.21 bits per heavy atom. The van der Waals surface area contributed by atoms with Crippen molar-refractivity contribution in [2.45, 2.75) is 26.2 Å². The molecule has 0 saturated carbocycles. The maximum atomic E-state index is 12.5. The Hall–Kier alpha value is -2.20. The number of benzene rings is 2. The summed E-state index contributed by atoms with van der Waals surface area (Å²) in [6, 6.07) is 10.9. The van der Waals surface area contributed by atoms with Gasteiger partial charge in [-0.2, -0.15) is 0 Å². The number of hydrogen-bond donors (Lipinski definition) is 1. The molecule has 5 heteroatoms. The fraction of sp³-hybridized carbons (Fsp3) is 0.316. The van der Waals surface area contributed by atoms with Gasteiger partial charge in [0.15, 0.2) is 11.5 Å². The molecule has 0 radical (unpaired) electrons. The maximum absolute atomic E-state index is 12.5. The molecular formula is C19H20ClNO3. The molecule has 1 heterocycles. The molecule has 0 saturated heterocycles. The number of hydrogen-bond acceptors (Lipinski definition) is 3. The highest BCUT2D eigenvalue weighted by Gasteiger charge is 2.18. The van der Waals surface area contributed by atoms with E-state index in [-0.39, 0.29) is 11.3 Å². The normalized spacial score (nSPS) is 13.5. The lowest BCUT2D eigenvalue weighted by Crippen LogP contribution is -2.17. The van der Waals surface area contributed by atoms with Crippen molar-refractivity contribution in [3.63, 3.8) is 0 Å². The molecule has 1 aliphatic rings. The van der Waals surface area contributed by atoms with E-state index in [1.807, 2.05) is 24.3 Å². The van der Waals surface area contributed by atoms with E-state index in [0.29, 0.717) is 41.0 Å². The lowest BCUT2D eigenvalue weighted by molar-refractivity contribution is 0.102. The molecule has 0 aliphatic carbocycles. The van der Waals surface area contributed by atoms with Crippen molar-refractivity contribution in [3.05, 3.63) is 52.5 Å². The van der Waals surface area contributed by atoms with Crippen LogP contribution in [0.3, 0.4) is 0 Å². The van der Waals surface area contributed by atoms with Gasteiger partial charge in [0.25, 0.3) is 5.91 Å². The van der Waals surface area contributed by atoms with Crippen molar-refractivity contribution >= 4 is 23.2 Å². The van der Waals surface area contributed by atoms with Crippen molar-refractivity contribution in [1.29, 1.82) is 0 Å². The Morgan fingerprint density at radius 2 is 1.62 bits per heavy atom. The van der Waals surface area contributed by atoms with Gasteiger partial charge in [0.2, 0.25) is 0 Å². The second kappa shape index (κ2) is 6.36. The minimum atomic E-state index is -0.214. The third kappa shape index (κ3) is 3.49. The van der Waals surface area contributed by atoms with Crippen LogP contribution in [0, 0.1) is 0 Å². The summed E-state index contributed by atoms with van der Waals surface area (Å²) in [6.45, 7) is 7.39. The van der Waals surface area contributed by atoms with Crippen LogP contribution in [0.15, 0.2) is 36.4 Å². The smallest absolute Gasteiger partial charge is 0.255 e. The van der Waals surface area contributed by atoms with Crippen LogP contribution in [0.4, 0.5) is 5.69 Å². The Kier molecular flexibility index (Phi) is 4.41. The van der Waals surface area contributed by atoms with E-state index in [2.05, 4.69) is 26.1 Å². The van der Waals surface area contributed by atoms with Gasteiger partial charge >= 0.3 is 0 Å². The highest BCUT2D eigenvalue weighted by atomic mass is 35.5. The van der Waals surface area contributed by atoms with Gasteiger partial charge in [-0.1, -0.05) is 44.5 Å². The molecule has 0 unspecified atom stereocenters. The molecule has 3 rings (SSSR count). The summed E-state index contributed by atoms with van der Waals surface area (Å²) >= 11 is 6.23. The molecule has 126 valence electrons. The second-order valence-electron chi connectivity index (χ2n) is 6.76. The maximum Gasteiger partial charge on any atom is 0.255 e. The van der Waals surface area contributed by atoms with E-state index < -0.39 is 0 Å². The van der Waals surface area contributed by atoms with Crippen molar-refractivity contribution in [2.24, 2.45) is 0 Å². The van der Waals surface area contributed by atoms with Gasteiger partial charge in [-0.25, -0.2) is 0 Å². The fourth-order valence-electron chi connectivity index (χ4n) is 2.48. The molecule has 1 amide bonds. The van der Waals surface area contributed by atoms with Crippen molar-refractivity contribution < 1.29 is 14.3 Å². The molecule has 0 aromatic heterocycles. The van der Waals surface area contributed by atoms with E-state index >= 15 is 0 Å². The minimum Gasteiger partial charge on any atom is -0.486 e. The van der Waals surface area contributed by atoms with Gasteiger partial charge in [0.05, 0.1) is 10.7 Å². The number of halogens is 1. The number of anilines is 1. The summed E-state index contributed by atoms with van der Waals surface area (Å²) in [5, 5.41) is 3.24. The Bertz CT molecular complexity index is 763. The number of amides is 1. The summed E-state index contributed by atoms with van der Waals surface area (Å²) in [7, 11) is 0. The average Bonchev–Trinajstić information content (AvgIpc) is 2.55. The first-order valence-electron chi connectivity index (χ1n) is 7.85. The van der Waals surface area contributed by atoms with Crippen LogP contribution in [0.2, 0.25) is 5.02 Å². The number of carbonyl (C=O) groups is 1. The highest BCUT2D eigenvalue weighted by molar-refractivity contribution is 6.34. The second-order valence-corrected chi connectivity index (χ2v) is 7.16. The lowest BCUT2D eigenvalue weighted by atomic mass is 9.87. The van der Waals surface area contributed by atoms with E-state index in [1.165, 1.54) is 5.56 Å². The first kappa shape index (κ1) is 16.7. The van der Waals surface area contributed by atoms with E-state index in [1.54, 1.807) is 12.1 Å². The standard InChI is InChI=1S/C19H20ClNO3/c1-19(2,3)13-6-4-12(5-7-13)18(22)21-15-11-17-16(10-14(15)20)23-8-9-24-17/h4-7,10-11H,8-9H2,1-3H3,(H,21,22). The molecule has 2 aromatic rings. The van der Waals surface area contributed by atoms with Crippen LogP contribution >= 0.6 is 11.6 Å². The van der Waals surface area contributed by atoms with E-state index in [4.69, 9.17) is 21.1 Å². The van der Waals surface area contributed by atoms with Crippen LogP contribution in [0.5, 0.6) is 11.5 Å². The number of rotatable bonds is 2. The predicted molar refractivity (Wildman–Crippen MR) is 95.5 cm³/mol. The SMILES string of the molecule is CC(C)(C)c1ccc(C(=O)Nc2cc3c(cc2Cl)OCCO3)cc1. The van der Waals surface area contributed by atoms with E-state index in [0.717, 1.165) is 0 Å². The zero-order valence-electron chi connectivity index (χ0n) is 14.0. The zero-order chi connectivity index (χ0) is 17.3. The van der Waals surface area contributed by atoms with Gasteiger partial charge in [0.1, 0.15) is 13.2 Å². The topological polar surface area (TPSA) is 47.6 Å². The fourth-order valence-corrected chi connectivity index (χ4v) is 2.68. The van der Waals surface area contributed by atoms with Gasteiger partial charge in [-0.15, -0.1) is 0 Å². The summed E-state index contributed by atoms with van der Waals surface area (Å²) in [6.07, 6.45) is 0. The van der Waals surface area contributed by atoms with Gasteiger partial charge in [0, 0.05) is 17.7 Å². The third-order valence-corrected chi connectivity index (χ3v) is 4.21. The predicted octanol–water partition coefficient (Wildman–Crippen LogP) is 4.66. The van der Waals surface area contributed by atoms with Crippen LogP contribution in [0.25, 0.3) is 0 Å². The molecule has 0 spiro atoms. The lowest BCUT2D eigenvalue weighted by Gasteiger charge is -2.20. The molecule has 0 bridgehead atoms. The van der Waals surface area contributed by atoms with Crippen LogP contribution in [-0.2, 0) is 5.41 Å². The van der Waals surface area contributed by atoms with Crippen LogP contribution < -0.4 is 14.8 Å². The molecule has 0 atom stereocenters. The summed E-state index contributed by atoms with van der Waals surface area (Å²) in [4.78, 5) is 12.5. The average molecular weight is 346 g/mol. The number of fused-ring (bicyclic) bond motifs is 1. The monoisotopic (exact) mass is 345 g/mol. The quantitative estimate of drug-likeness (QED) is 0.861. The molecule has 4 nitrogen and oxygen atoms in total. The molecule has 0 fully saturated rings. The Morgan fingerprint density at radius 1 is 1.04 bits per heavy atom. The van der Waals surface area contributed by atoms with Crippen molar-refractivity contribution in [3.8, 4) is 11.5 Å². The number of nitrogens with one attached hydrogen (secondary N) is 1. The first-order chi connectivity index (χ1) is 11.3. The molecule has 2 aromatic carbocycles. The van der Waals surface area contributed by atoms with Gasteiger partial charge in [-0.05, 0) is 23.1 Å². The number of carbonyl (C=O) groups excluding carboxylic acids is 1. The summed E-state index contributed by atoms with van der Waals surface area (Å²) in [5.41, 5.74) is 2.31. The molecule has 1 aliphatic heterocycles. The van der Waals surface area contributed by atoms with Gasteiger partial charge < -0.3 is 14.8 Å². The van der Waals surface area contributed by atoms with Crippen LogP contribution in [0.1, 0.15) is 36.7 Å². The highest BCUT2D eigenvalue weighted by Crippen LogP contribution is 2.38. The van der Waals surface area contributed by atoms with Crippen molar-refractivity contribution in [2.75, 3.05) is 18.5 Å². The van der Waals surface area contributed by atoms with Crippen molar-refractivity contribution in [1.82, 2.24) is 0 Å². The largest absolute Gasteiger partial charge is 0.486 e. The van der Waals surface area contributed by atoms with E-state index in [9.17, 15) is 4.79 Å². The summed E-state index contributed by atoms with van der Waals surface area (Å²) in [5.74, 6) is 0.969. The van der Waals surface area contributed by atoms with Gasteiger partial charge in [-0.3, -0.25) is 4.79 Å². The minimum absolute atomic E-state index is 0.0497. The number of ether oxygens (including phenoxy) is 2.